The summed E-state index contributed by atoms with van der Waals surface area (Å²) in [5.74, 6) is 0.316. The fourth-order valence-electron chi connectivity index (χ4n) is 4.05. The van der Waals surface area contributed by atoms with Crippen molar-refractivity contribution in [1.29, 1.82) is 0 Å². The second-order valence-corrected chi connectivity index (χ2v) is 10.1. The summed E-state index contributed by atoms with van der Waals surface area (Å²) < 4.78 is 10.7. The van der Waals surface area contributed by atoms with Gasteiger partial charge in [-0.25, -0.2) is 0 Å². The van der Waals surface area contributed by atoms with Crippen molar-refractivity contribution in [2.75, 3.05) is 30.9 Å². The van der Waals surface area contributed by atoms with Crippen LogP contribution >= 0.6 is 23.2 Å². The molecule has 0 spiro atoms. The molecule has 1 atom stereocenters. The molecule has 1 amide bonds. The van der Waals surface area contributed by atoms with Crippen LogP contribution in [-0.4, -0.2) is 31.1 Å². The second kappa shape index (κ2) is 9.09. The number of hydrogen-bond donors (Lipinski definition) is 2. The Morgan fingerprint density at radius 1 is 1.09 bits per heavy atom. The van der Waals surface area contributed by atoms with Gasteiger partial charge < -0.3 is 24.7 Å². The van der Waals surface area contributed by atoms with E-state index >= 15 is 0 Å². The first-order valence-corrected chi connectivity index (χ1v) is 11.5. The molecular weight excluding hydrogens is 481 g/mol. The monoisotopic (exact) mass is 505 g/mol. The topological polar surface area (TPSA) is 101 Å². The molecule has 2 heterocycles. The quantitative estimate of drug-likeness (QED) is 0.426. The zero-order chi connectivity index (χ0) is 24.8. The highest BCUT2D eigenvalue weighted by Gasteiger charge is 2.35. The molecule has 0 saturated carbocycles. The van der Waals surface area contributed by atoms with Gasteiger partial charge in [0, 0.05) is 30.8 Å². The van der Waals surface area contributed by atoms with Crippen LogP contribution in [0.25, 0.3) is 0 Å². The molecule has 1 aromatic heterocycles. The van der Waals surface area contributed by atoms with Gasteiger partial charge in [-0.3, -0.25) is 14.4 Å². The zero-order valence-corrected chi connectivity index (χ0v) is 20.8. The second-order valence-electron chi connectivity index (χ2n) is 9.29. The Hall–Kier alpha value is -2.81. The van der Waals surface area contributed by atoms with Crippen LogP contribution in [0.3, 0.4) is 0 Å². The van der Waals surface area contributed by atoms with Gasteiger partial charge in [0.15, 0.2) is 5.22 Å². The number of rotatable bonds is 8. The molecule has 0 radical (unpaired) electrons. The van der Waals surface area contributed by atoms with Crippen LogP contribution in [0.5, 0.6) is 0 Å². The third kappa shape index (κ3) is 4.33. The lowest BCUT2D eigenvalue weighted by atomic mass is 9.85. The molecule has 0 aliphatic carbocycles. The van der Waals surface area contributed by atoms with E-state index in [1.165, 1.54) is 0 Å². The van der Waals surface area contributed by atoms with Gasteiger partial charge in [0.25, 0.3) is 16.8 Å². The van der Waals surface area contributed by atoms with E-state index in [0.717, 1.165) is 0 Å². The van der Waals surface area contributed by atoms with Gasteiger partial charge >= 0.3 is 0 Å². The number of halogens is 2. The zero-order valence-electron chi connectivity index (χ0n) is 19.3. The van der Waals surface area contributed by atoms with Crippen LogP contribution < -0.4 is 21.5 Å². The molecular formula is C24H25Cl2N3O5. The minimum atomic E-state index is -0.668. The average molecular weight is 506 g/mol. The Balaban J connectivity index is 1.67. The highest BCUT2D eigenvalue weighted by molar-refractivity contribution is 6.32. The van der Waals surface area contributed by atoms with Gasteiger partial charge in [0.05, 0.1) is 23.9 Å². The predicted molar refractivity (Wildman–Crippen MR) is 132 cm³/mol. The summed E-state index contributed by atoms with van der Waals surface area (Å²) in [6, 6.07) is 6.20. The fourth-order valence-corrected chi connectivity index (χ4v) is 4.42. The number of benzene rings is 1. The molecule has 4 rings (SSSR count). The van der Waals surface area contributed by atoms with Crippen molar-refractivity contribution in [3.63, 3.8) is 0 Å². The minimum absolute atomic E-state index is 0.0876. The van der Waals surface area contributed by atoms with Crippen LogP contribution in [-0.2, 0) is 11.3 Å². The Morgan fingerprint density at radius 3 is 2.41 bits per heavy atom. The van der Waals surface area contributed by atoms with Crippen LogP contribution in [0.4, 0.5) is 17.1 Å². The van der Waals surface area contributed by atoms with Gasteiger partial charge in [0.1, 0.15) is 17.1 Å². The maximum Gasteiger partial charge on any atom is 0.256 e. The molecule has 3 aromatic rings. The Bertz CT molecular complexity index is 1320. The third-order valence-electron chi connectivity index (χ3n) is 5.87. The SMILES string of the molecule is COCCN1Cc2c(Cl)ccc(Nc3c(N[C@H](c4ccc(Cl)o4)C(C)(C)C)c(=O)c3=O)c2C1=O. The molecule has 0 bridgehead atoms. The highest BCUT2D eigenvalue weighted by Crippen LogP contribution is 2.40. The number of anilines is 3. The van der Waals surface area contributed by atoms with Gasteiger partial charge in [0.2, 0.25) is 0 Å². The average Bonchev–Trinajstić information content (AvgIpc) is 3.35. The Kier molecular flexibility index (Phi) is 6.50. The molecule has 1 aliphatic heterocycles. The third-order valence-corrected chi connectivity index (χ3v) is 6.43. The van der Waals surface area contributed by atoms with Crippen molar-refractivity contribution in [3.05, 3.63) is 71.8 Å². The summed E-state index contributed by atoms with van der Waals surface area (Å²) in [5.41, 5.74) is -0.0183. The molecule has 8 nitrogen and oxygen atoms in total. The lowest BCUT2D eigenvalue weighted by Crippen LogP contribution is -2.39. The van der Waals surface area contributed by atoms with Gasteiger partial charge in [-0.05, 0) is 41.3 Å². The van der Waals surface area contributed by atoms with E-state index in [1.54, 1.807) is 36.3 Å². The van der Waals surface area contributed by atoms with E-state index in [2.05, 4.69) is 10.6 Å². The summed E-state index contributed by atoms with van der Waals surface area (Å²) in [6.45, 7) is 7.05. The smallest absolute Gasteiger partial charge is 0.256 e. The number of carbonyl (C=O) groups is 1. The van der Waals surface area contributed by atoms with Crippen LogP contribution in [0.1, 0.15) is 48.5 Å². The number of nitrogens with one attached hydrogen (secondary N) is 2. The van der Waals surface area contributed by atoms with Crippen molar-refractivity contribution < 1.29 is 13.9 Å². The first-order chi connectivity index (χ1) is 16.0. The first kappa shape index (κ1) is 24.3. The molecule has 1 aliphatic rings. The summed E-state index contributed by atoms with van der Waals surface area (Å²) in [7, 11) is 1.56. The van der Waals surface area contributed by atoms with Crippen LogP contribution in [0.15, 0.2) is 38.3 Å². The molecule has 34 heavy (non-hydrogen) atoms. The normalized spacial score (nSPS) is 14.5. The molecule has 180 valence electrons. The molecule has 2 N–H and O–H groups in total. The molecule has 2 aromatic carbocycles. The Morgan fingerprint density at radius 2 is 1.79 bits per heavy atom. The largest absolute Gasteiger partial charge is 0.447 e. The van der Waals surface area contributed by atoms with Crippen molar-refractivity contribution in [1.82, 2.24) is 4.90 Å². The molecule has 0 fully saturated rings. The summed E-state index contributed by atoms with van der Waals surface area (Å²) >= 11 is 12.3. The number of furan rings is 1. The number of methoxy groups -OCH3 is 1. The van der Waals surface area contributed by atoms with Crippen molar-refractivity contribution in [2.45, 2.75) is 33.4 Å². The van der Waals surface area contributed by atoms with Crippen molar-refractivity contribution >= 4 is 46.2 Å². The lowest BCUT2D eigenvalue weighted by molar-refractivity contribution is 0.0720. The van der Waals surface area contributed by atoms with E-state index in [1.807, 2.05) is 20.8 Å². The lowest BCUT2D eigenvalue weighted by Gasteiger charge is -2.31. The summed E-state index contributed by atoms with van der Waals surface area (Å²) in [4.78, 5) is 39.7. The first-order valence-electron chi connectivity index (χ1n) is 10.7. The summed E-state index contributed by atoms with van der Waals surface area (Å²) in [6.07, 6.45) is 0. The number of nitrogens with zero attached hydrogens (tertiary/aromatic N) is 1. The minimum Gasteiger partial charge on any atom is -0.447 e. The standard InChI is InChI=1S/C24H25Cl2N3O5/c1-24(2,3)22(15-7-8-16(26)34-15)28-19-18(20(30)21(19)31)27-14-6-5-13(25)12-11-29(9-10-33-4)23(32)17(12)14/h5-8,22,27-28H,9-11H2,1-4H3/t22-/m1/s1. The highest BCUT2D eigenvalue weighted by atomic mass is 35.5. The fraction of sp³-hybridized carbons (Fsp3) is 0.375. The number of amides is 1. The summed E-state index contributed by atoms with van der Waals surface area (Å²) in [5, 5.41) is 6.85. The van der Waals surface area contributed by atoms with Gasteiger partial charge in [-0.2, -0.15) is 0 Å². The van der Waals surface area contributed by atoms with Gasteiger partial charge in [-0.15, -0.1) is 0 Å². The number of ether oxygens (including phenoxy) is 1. The number of hydrogen-bond acceptors (Lipinski definition) is 7. The van der Waals surface area contributed by atoms with E-state index in [-0.39, 0.29) is 27.9 Å². The maximum atomic E-state index is 13.1. The van der Waals surface area contributed by atoms with Crippen LogP contribution in [0, 0.1) is 5.41 Å². The molecule has 0 unspecified atom stereocenters. The maximum absolute atomic E-state index is 13.1. The van der Waals surface area contributed by atoms with Crippen molar-refractivity contribution in [2.24, 2.45) is 5.41 Å². The number of carbonyl (C=O) groups excluding carboxylic acids is 1. The Labute approximate surface area is 206 Å². The van der Waals surface area contributed by atoms with E-state index in [9.17, 15) is 14.4 Å². The molecule has 10 heteroatoms. The van der Waals surface area contributed by atoms with Gasteiger partial charge in [-0.1, -0.05) is 32.4 Å². The van der Waals surface area contributed by atoms with E-state index in [4.69, 9.17) is 32.4 Å². The number of fused-ring (bicyclic) bond motifs is 1. The van der Waals surface area contributed by atoms with E-state index in [0.29, 0.717) is 47.3 Å². The predicted octanol–water partition coefficient (Wildman–Crippen LogP) is 4.73. The van der Waals surface area contributed by atoms with Crippen LogP contribution in [0.2, 0.25) is 10.2 Å². The molecule has 0 saturated heterocycles. The van der Waals surface area contributed by atoms with E-state index < -0.39 is 16.9 Å². The van der Waals surface area contributed by atoms with Crippen molar-refractivity contribution in [3.8, 4) is 0 Å².